The van der Waals surface area contributed by atoms with E-state index < -0.39 is 27.9 Å². The van der Waals surface area contributed by atoms with Crippen LogP contribution in [0.25, 0.3) is 21.9 Å². The van der Waals surface area contributed by atoms with E-state index in [1.54, 1.807) is 60.7 Å². The number of rotatable bonds is 8. The number of sulfonamides is 1. The van der Waals surface area contributed by atoms with Crippen LogP contribution in [0.4, 0.5) is 0 Å². The number of imide groups is 1. The number of nitrogens with zero attached hydrogens (tertiary/aromatic N) is 2. The van der Waals surface area contributed by atoms with Gasteiger partial charge >= 0.3 is 0 Å². The van der Waals surface area contributed by atoms with Crippen molar-refractivity contribution in [3.05, 3.63) is 114 Å². The van der Waals surface area contributed by atoms with Crippen LogP contribution in [0.5, 0.6) is 0 Å². The van der Waals surface area contributed by atoms with Crippen LogP contribution in [0, 0.1) is 0 Å². The Labute approximate surface area is 224 Å². The molecular formula is C30H24N2O6S. The molecule has 4 aromatic carbocycles. The highest BCUT2D eigenvalue weighted by molar-refractivity contribution is 7.89. The average Bonchev–Trinajstić information content (AvgIpc) is 3.44. The quantitative estimate of drug-likeness (QED) is 0.292. The van der Waals surface area contributed by atoms with E-state index in [4.69, 9.17) is 4.42 Å². The molecule has 0 fully saturated rings. The molecule has 0 radical (unpaired) electrons. The van der Waals surface area contributed by atoms with Gasteiger partial charge in [-0.3, -0.25) is 14.5 Å². The molecule has 5 aromatic rings. The highest BCUT2D eigenvalue weighted by atomic mass is 32.2. The van der Waals surface area contributed by atoms with E-state index >= 15 is 0 Å². The second kappa shape index (κ2) is 9.77. The van der Waals surface area contributed by atoms with Gasteiger partial charge in [-0.1, -0.05) is 60.7 Å². The lowest BCUT2D eigenvalue weighted by molar-refractivity contribution is 0.0517. The van der Waals surface area contributed by atoms with E-state index in [0.29, 0.717) is 16.6 Å². The number of hydrogen-bond donors (Lipinski definition) is 1. The van der Waals surface area contributed by atoms with Crippen LogP contribution >= 0.6 is 0 Å². The van der Waals surface area contributed by atoms with Crippen LogP contribution in [0.1, 0.15) is 26.3 Å². The Hall–Kier alpha value is -4.31. The number of aliphatic hydroxyl groups excluding tert-OH is 1. The standard InChI is InChI=1S/C30H24N2O6S/c33-21(19-32-29(34)24-11-4-5-12-25(24)30(32)35)18-31(17-20-8-2-1-3-9-20)39(36,37)22-14-15-28-26(16-22)23-10-6-7-13-27(23)38-28/h1-16,21,33H,17-19H2. The van der Waals surface area contributed by atoms with Crippen molar-refractivity contribution < 1.29 is 27.5 Å². The third-order valence-electron chi connectivity index (χ3n) is 6.87. The summed E-state index contributed by atoms with van der Waals surface area (Å²) in [5.74, 6) is -1.02. The second-order valence-electron chi connectivity index (χ2n) is 9.46. The van der Waals surface area contributed by atoms with Gasteiger partial charge in [-0.2, -0.15) is 4.31 Å². The minimum atomic E-state index is -4.10. The van der Waals surface area contributed by atoms with Gasteiger partial charge in [0.05, 0.1) is 28.7 Å². The number of carbonyl (C=O) groups excluding carboxylic acids is 2. The zero-order valence-electron chi connectivity index (χ0n) is 20.7. The fraction of sp³-hybridized carbons (Fsp3) is 0.133. The highest BCUT2D eigenvalue weighted by Crippen LogP contribution is 2.31. The lowest BCUT2D eigenvalue weighted by atomic mass is 10.1. The van der Waals surface area contributed by atoms with Crippen LogP contribution in [-0.4, -0.2) is 53.7 Å². The van der Waals surface area contributed by atoms with Gasteiger partial charge in [-0.15, -0.1) is 0 Å². The maximum Gasteiger partial charge on any atom is 0.261 e. The molecule has 0 spiro atoms. The second-order valence-corrected chi connectivity index (χ2v) is 11.4. The van der Waals surface area contributed by atoms with E-state index in [9.17, 15) is 23.1 Å². The Bertz CT molecular complexity index is 1800. The lowest BCUT2D eigenvalue weighted by Crippen LogP contribution is -2.44. The summed E-state index contributed by atoms with van der Waals surface area (Å²) in [6.45, 7) is -0.667. The molecular weight excluding hydrogens is 516 g/mol. The molecule has 0 aliphatic carbocycles. The van der Waals surface area contributed by atoms with Crippen molar-refractivity contribution in [1.29, 1.82) is 0 Å². The Morgan fingerprint density at radius 2 is 1.38 bits per heavy atom. The summed E-state index contributed by atoms with van der Waals surface area (Å²) in [7, 11) is -4.10. The molecule has 1 unspecified atom stereocenters. The Balaban J connectivity index is 1.31. The summed E-state index contributed by atoms with van der Waals surface area (Å²) in [5.41, 5.74) is 2.48. The number of aliphatic hydroxyl groups is 1. The fourth-order valence-corrected chi connectivity index (χ4v) is 6.45. The zero-order chi connectivity index (χ0) is 27.1. The largest absolute Gasteiger partial charge is 0.456 e. The Kier molecular flexibility index (Phi) is 6.26. The van der Waals surface area contributed by atoms with Crippen molar-refractivity contribution in [2.45, 2.75) is 17.5 Å². The van der Waals surface area contributed by atoms with Crippen molar-refractivity contribution in [2.24, 2.45) is 0 Å². The predicted octanol–water partition coefficient (Wildman–Crippen LogP) is 4.43. The molecule has 196 valence electrons. The predicted molar refractivity (Wildman–Crippen MR) is 146 cm³/mol. The van der Waals surface area contributed by atoms with E-state index in [2.05, 4.69) is 0 Å². The van der Waals surface area contributed by atoms with Crippen LogP contribution in [-0.2, 0) is 16.6 Å². The zero-order valence-corrected chi connectivity index (χ0v) is 21.5. The number of furan rings is 1. The molecule has 8 nitrogen and oxygen atoms in total. The molecule has 1 atom stereocenters. The summed E-state index contributed by atoms with van der Waals surface area (Å²) in [6, 6.07) is 27.6. The van der Waals surface area contributed by atoms with Gasteiger partial charge in [0, 0.05) is 23.9 Å². The Morgan fingerprint density at radius 3 is 2.10 bits per heavy atom. The van der Waals surface area contributed by atoms with Gasteiger partial charge in [0.2, 0.25) is 10.0 Å². The fourth-order valence-electron chi connectivity index (χ4n) is 4.96. The van der Waals surface area contributed by atoms with Crippen molar-refractivity contribution >= 4 is 43.8 Å². The molecule has 0 saturated carbocycles. The number of fused-ring (bicyclic) bond motifs is 4. The molecule has 1 aromatic heterocycles. The number of carbonyl (C=O) groups is 2. The van der Waals surface area contributed by atoms with E-state index in [1.165, 1.54) is 10.4 Å². The highest BCUT2D eigenvalue weighted by Gasteiger charge is 2.37. The monoisotopic (exact) mass is 540 g/mol. The van der Waals surface area contributed by atoms with Crippen LogP contribution in [0.15, 0.2) is 106 Å². The summed E-state index contributed by atoms with van der Waals surface area (Å²) >= 11 is 0. The van der Waals surface area contributed by atoms with Gasteiger partial charge in [0.1, 0.15) is 11.2 Å². The minimum Gasteiger partial charge on any atom is -0.456 e. The number of para-hydroxylation sites is 1. The summed E-state index contributed by atoms with van der Waals surface area (Å²) in [6.07, 6.45) is -1.32. The topological polar surface area (TPSA) is 108 Å². The van der Waals surface area contributed by atoms with E-state index in [1.807, 2.05) is 30.3 Å². The first-order chi connectivity index (χ1) is 18.8. The molecule has 6 rings (SSSR count). The number of hydrogen-bond acceptors (Lipinski definition) is 6. The Morgan fingerprint density at radius 1 is 0.769 bits per heavy atom. The van der Waals surface area contributed by atoms with E-state index in [0.717, 1.165) is 15.8 Å². The van der Waals surface area contributed by atoms with Crippen molar-refractivity contribution in [2.75, 3.05) is 13.1 Å². The molecule has 1 N–H and O–H groups in total. The maximum absolute atomic E-state index is 14.0. The first-order valence-electron chi connectivity index (χ1n) is 12.4. The molecule has 1 aliphatic heterocycles. The molecule has 0 saturated heterocycles. The van der Waals surface area contributed by atoms with Crippen LogP contribution < -0.4 is 0 Å². The van der Waals surface area contributed by atoms with Crippen molar-refractivity contribution in [1.82, 2.24) is 9.21 Å². The number of β-amino-alcohol motifs (C(OH)–C–C–N with tert-alkyl or cyclic N) is 1. The van der Waals surface area contributed by atoms with Gasteiger partial charge in [-0.05, 0) is 42.0 Å². The van der Waals surface area contributed by atoms with Gasteiger partial charge in [0.15, 0.2) is 0 Å². The SMILES string of the molecule is O=C1c2ccccc2C(=O)N1CC(O)CN(Cc1ccccc1)S(=O)(=O)c1ccc2oc3ccccc3c2c1. The van der Waals surface area contributed by atoms with Gasteiger partial charge in [0.25, 0.3) is 11.8 Å². The first-order valence-corrected chi connectivity index (χ1v) is 13.9. The summed E-state index contributed by atoms with van der Waals surface area (Å²) < 4.78 is 34.9. The number of benzene rings is 4. The van der Waals surface area contributed by atoms with Gasteiger partial charge < -0.3 is 9.52 Å². The molecule has 9 heteroatoms. The normalized spacial score (nSPS) is 14.5. The molecule has 0 bridgehead atoms. The number of amides is 2. The third-order valence-corrected chi connectivity index (χ3v) is 8.68. The molecule has 39 heavy (non-hydrogen) atoms. The first kappa shape index (κ1) is 25.0. The minimum absolute atomic E-state index is 0.00742. The van der Waals surface area contributed by atoms with Crippen molar-refractivity contribution in [3.63, 3.8) is 0 Å². The van der Waals surface area contributed by atoms with Crippen LogP contribution in [0.3, 0.4) is 0 Å². The molecule has 1 aliphatic rings. The lowest BCUT2D eigenvalue weighted by Gasteiger charge is -2.26. The van der Waals surface area contributed by atoms with Crippen LogP contribution in [0.2, 0.25) is 0 Å². The van der Waals surface area contributed by atoms with Gasteiger partial charge in [-0.25, -0.2) is 8.42 Å². The molecule has 2 amide bonds. The third kappa shape index (κ3) is 4.50. The average molecular weight is 541 g/mol. The summed E-state index contributed by atoms with van der Waals surface area (Å²) in [5, 5.41) is 12.5. The maximum atomic E-state index is 14.0. The van der Waals surface area contributed by atoms with Crippen molar-refractivity contribution in [3.8, 4) is 0 Å². The molecule has 2 heterocycles. The smallest absolute Gasteiger partial charge is 0.261 e. The summed E-state index contributed by atoms with van der Waals surface area (Å²) in [4.78, 5) is 26.6. The van der Waals surface area contributed by atoms with E-state index in [-0.39, 0.29) is 35.7 Å².